The molecular formula is C15H13F2N3S. The minimum Gasteiger partial charge on any atom is -0.365 e. The summed E-state index contributed by atoms with van der Waals surface area (Å²) in [5.41, 5.74) is 1.52. The van der Waals surface area contributed by atoms with Gasteiger partial charge in [-0.3, -0.25) is 0 Å². The summed E-state index contributed by atoms with van der Waals surface area (Å²) in [6, 6.07) is 3.56. The summed E-state index contributed by atoms with van der Waals surface area (Å²) in [7, 11) is 0. The van der Waals surface area contributed by atoms with Crippen LogP contribution in [0, 0.1) is 25.5 Å². The number of nitrogens with zero attached hydrogens (tertiary/aromatic N) is 2. The maximum Gasteiger partial charge on any atom is 0.138 e. The lowest BCUT2D eigenvalue weighted by atomic mass is 10.2. The van der Waals surface area contributed by atoms with Gasteiger partial charge in [0.25, 0.3) is 0 Å². The minimum absolute atomic E-state index is 0.243. The molecule has 1 N–H and O–H groups in total. The van der Waals surface area contributed by atoms with Crippen molar-refractivity contribution in [1.82, 2.24) is 9.97 Å². The van der Waals surface area contributed by atoms with Crippen LogP contribution in [-0.4, -0.2) is 9.97 Å². The van der Waals surface area contributed by atoms with E-state index in [1.807, 2.05) is 13.8 Å². The van der Waals surface area contributed by atoms with Crippen LogP contribution in [-0.2, 0) is 6.54 Å². The molecule has 21 heavy (non-hydrogen) atoms. The zero-order chi connectivity index (χ0) is 15.0. The van der Waals surface area contributed by atoms with Crippen LogP contribution in [0.1, 0.15) is 16.0 Å². The summed E-state index contributed by atoms with van der Waals surface area (Å²) in [5, 5.41) is 4.07. The molecule has 2 heterocycles. The SMILES string of the molecule is Cc1sc2ncnc(NCc3ccc(F)cc3F)c2c1C. The van der Waals surface area contributed by atoms with Crippen molar-refractivity contribution >= 4 is 27.4 Å². The molecule has 0 aliphatic heterocycles. The summed E-state index contributed by atoms with van der Waals surface area (Å²) >= 11 is 1.60. The zero-order valence-corrected chi connectivity index (χ0v) is 12.4. The van der Waals surface area contributed by atoms with Gasteiger partial charge in [-0.25, -0.2) is 18.7 Å². The van der Waals surface area contributed by atoms with Crippen LogP contribution < -0.4 is 5.32 Å². The molecule has 0 bridgehead atoms. The largest absolute Gasteiger partial charge is 0.365 e. The summed E-state index contributed by atoms with van der Waals surface area (Å²) < 4.78 is 26.5. The number of hydrogen-bond acceptors (Lipinski definition) is 4. The van der Waals surface area contributed by atoms with Crippen molar-refractivity contribution in [3.63, 3.8) is 0 Å². The minimum atomic E-state index is -0.579. The topological polar surface area (TPSA) is 37.8 Å². The second-order valence-corrected chi connectivity index (χ2v) is 5.98. The van der Waals surface area contributed by atoms with Crippen molar-refractivity contribution in [1.29, 1.82) is 0 Å². The van der Waals surface area contributed by atoms with Gasteiger partial charge in [0.05, 0.1) is 5.39 Å². The number of halogens is 2. The Kier molecular flexibility index (Phi) is 3.55. The van der Waals surface area contributed by atoms with E-state index in [1.165, 1.54) is 23.3 Å². The zero-order valence-electron chi connectivity index (χ0n) is 11.6. The lowest BCUT2D eigenvalue weighted by molar-refractivity contribution is 0.574. The number of aryl methyl sites for hydroxylation is 2. The van der Waals surface area contributed by atoms with Crippen LogP contribution in [0.25, 0.3) is 10.2 Å². The van der Waals surface area contributed by atoms with E-state index in [4.69, 9.17) is 0 Å². The highest BCUT2D eigenvalue weighted by molar-refractivity contribution is 7.18. The number of nitrogens with one attached hydrogen (secondary N) is 1. The van der Waals surface area contributed by atoms with Gasteiger partial charge in [0.15, 0.2) is 0 Å². The number of anilines is 1. The summed E-state index contributed by atoms with van der Waals surface area (Å²) in [6.45, 7) is 4.29. The van der Waals surface area contributed by atoms with Gasteiger partial charge in [0, 0.05) is 23.1 Å². The number of thiophene rings is 1. The van der Waals surface area contributed by atoms with Gasteiger partial charge in [0.1, 0.15) is 28.6 Å². The van der Waals surface area contributed by atoms with Gasteiger partial charge in [-0.05, 0) is 25.5 Å². The van der Waals surface area contributed by atoms with Crippen LogP contribution in [0.3, 0.4) is 0 Å². The predicted molar refractivity (Wildman–Crippen MR) is 80.6 cm³/mol. The molecule has 0 unspecified atom stereocenters. The van der Waals surface area contributed by atoms with Crippen LogP contribution in [0.5, 0.6) is 0 Å². The van der Waals surface area contributed by atoms with Crippen LogP contribution in [0.4, 0.5) is 14.6 Å². The Bertz CT molecular complexity index is 814. The van der Waals surface area contributed by atoms with Crippen molar-refractivity contribution < 1.29 is 8.78 Å². The molecule has 108 valence electrons. The molecule has 3 rings (SSSR count). The van der Waals surface area contributed by atoms with E-state index in [1.54, 1.807) is 11.3 Å². The molecule has 0 fully saturated rings. The molecule has 0 radical (unpaired) electrons. The van der Waals surface area contributed by atoms with Gasteiger partial charge in [-0.2, -0.15) is 0 Å². The van der Waals surface area contributed by atoms with Crippen LogP contribution in [0.2, 0.25) is 0 Å². The van der Waals surface area contributed by atoms with Gasteiger partial charge < -0.3 is 5.32 Å². The summed E-state index contributed by atoms with van der Waals surface area (Å²) in [4.78, 5) is 10.6. The number of fused-ring (bicyclic) bond motifs is 1. The van der Waals surface area contributed by atoms with E-state index in [2.05, 4.69) is 15.3 Å². The molecule has 0 aliphatic rings. The lowest BCUT2D eigenvalue weighted by Gasteiger charge is -2.08. The second-order valence-electron chi connectivity index (χ2n) is 4.77. The first-order chi connectivity index (χ1) is 10.1. The molecule has 3 nitrogen and oxygen atoms in total. The first-order valence-electron chi connectivity index (χ1n) is 6.44. The Morgan fingerprint density at radius 1 is 1.19 bits per heavy atom. The molecule has 1 aromatic carbocycles. The number of rotatable bonds is 3. The van der Waals surface area contributed by atoms with Gasteiger partial charge in [-0.1, -0.05) is 6.07 Å². The first kappa shape index (κ1) is 13.9. The third-order valence-corrected chi connectivity index (χ3v) is 4.54. The van der Waals surface area contributed by atoms with E-state index >= 15 is 0 Å². The van der Waals surface area contributed by atoms with Crippen molar-refractivity contribution in [3.05, 3.63) is 52.2 Å². The molecule has 6 heteroatoms. The third kappa shape index (κ3) is 2.58. The number of benzene rings is 1. The summed E-state index contributed by atoms with van der Waals surface area (Å²) in [5.74, 6) is -0.471. The van der Waals surface area contributed by atoms with Crippen molar-refractivity contribution in [3.8, 4) is 0 Å². The van der Waals surface area contributed by atoms with Gasteiger partial charge in [0.2, 0.25) is 0 Å². The molecular weight excluding hydrogens is 292 g/mol. The first-order valence-corrected chi connectivity index (χ1v) is 7.26. The average molecular weight is 305 g/mol. The van der Waals surface area contributed by atoms with E-state index in [9.17, 15) is 8.78 Å². The quantitative estimate of drug-likeness (QED) is 0.788. The van der Waals surface area contributed by atoms with Gasteiger partial charge >= 0.3 is 0 Å². The highest BCUT2D eigenvalue weighted by Gasteiger charge is 2.12. The van der Waals surface area contributed by atoms with Crippen LogP contribution in [0.15, 0.2) is 24.5 Å². The number of aromatic nitrogens is 2. The molecule has 3 aromatic rings. The maximum atomic E-state index is 13.6. The molecule has 0 saturated carbocycles. The normalized spacial score (nSPS) is 11.0. The second kappa shape index (κ2) is 5.37. The standard InChI is InChI=1S/C15H13F2N3S/c1-8-9(2)21-15-13(8)14(19-7-20-15)18-6-10-3-4-11(16)5-12(10)17/h3-5,7H,6H2,1-2H3,(H,18,19,20). The van der Waals surface area contributed by atoms with E-state index in [0.29, 0.717) is 11.4 Å². The Hall–Kier alpha value is -2.08. The highest BCUT2D eigenvalue weighted by atomic mass is 32.1. The molecule has 0 amide bonds. The van der Waals surface area contributed by atoms with Crippen LogP contribution >= 0.6 is 11.3 Å². The average Bonchev–Trinajstić information content (AvgIpc) is 2.74. The molecule has 0 saturated heterocycles. The molecule has 0 aliphatic carbocycles. The van der Waals surface area contributed by atoms with Crippen molar-refractivity contribution in [2.75, 3.05) is 5.32 Å². The fraction of sp³-hybridized carbons (Fsp3) is 0.200. The van der Waals surface area contributed by atoms with E-state index in [-0.39, 0.29) is 6.54 Å². The summed E-state index contributed by atoms with van der Waals surface area (Å²) in [6.07, 6.45) is 1.49. The monoisotopic (exact) mass is 305 g/mol. The Morgan fingerprint density at radius 3 is 2.76 bits per heavy atom. The third-order valence-electron chi connectivity index (χ3n) is 3.43. The fourth-order valence-electron chi connectivity index (χ4n) is 2.16. The smallest absolute Gasteiger partial charge is 0.138 e. The molecule has 0 spiro atoms. The molecule has 2 aromatic heterocycles. The fourth-order valence-corrected chi connectivity index (χ4v) is 3.16. The van der Waals surface area contributed by atoms with Gasteiger partial charge in [-0.15, -0.1) is 11.3 Å². The number of hydrogen-bond donors (Lipinski definition) is 1. The Balaban J connectivity index is 1.92. The lowest BCUT2D eigenvalue weighted by Crippen LogP contribution is -2.04. The van der Waals surface area contributed by atoms with Crippen molar-refractivity contribution in [2.24, 2.45) is 0 Å². The van der Waals surface area contributed by atoms with E-state index < -0.39 is 11.6 Å². The predicted octanol–water partition coefficient (Wildman–Crippen LogP) is 4.20. The Morgan fingerprint density at radius 2 is 2.00 bits per heavy atom. The van der Waals surface area contributed by atoms with Crippen molar-refractivity contribution in [2.45, 2.75) is 20.4 Å². The highest BCUT2D eigenvalue weighted by Crippen LogP contribution is 2.32. The maximum absolute atomic E-state index is 13.6. The molecule has 0 atom stereocenters. The Labute approximate surface area is 124 Å². The van der Waals surface area contributed by atoms with E-state index in [0.717, 1.165) is 21.8 Å².